The van der Waals surface area contributed by atoms with Crippen molar-refractivity contribution in [1.29, 1.82) is 0 Å². The molecule has 0 aromatic heterocycles. The van der Waals surface area contributed by atoms with Crippen LogP contribution in [0.25, 0.3) is 0 Å². The molecule has 0 bridgehead atoms. The van der Waals surface area contributed by atoms with Gasteiger partial charge in [-0.1, -0.05) is 60.7 Å². The maximum Gasteiger partial charge on any atom is 0.0999 e. The van der Waals surface area contributed by atoms with Crippen LogP contribution in [0.5, 0.6) is 0 Å². The van der Waals surface area contributed by atoms with E-state index in [-0.39, 0.29) is 0 Å². The van der Waals surface area contributed by atoms with E-state index < -0.39 is 0 Å². The molecule has 5 heteroatoms. The molecule has 0 amide bonds. The van der Waals surface area contributed by atoms with E-state index >= 15 is 0 Å². The molecule has 2 aliphatic rings. The van der Waals surface area contributed by atoms with E-state index in [9.17, 15) is 0 Å². The highest BCUT2D eigenvalue weighted by Crippen LogP contribution is 2.47. The number of fused-ring (bicyclic) bond motifs is 1. The third-order valence-corrected chi connectivity index (χ3v) is 7.57. The number of piperidine rings is 1. The van der Waals surface area contributed by atoms with Crippen LogP contribution >= 0.6 is 30.3 Å². The second-order valence-corrected chi connectivity index (χ2v) is 8.78. The summed E-state index contributed by atoms with van der Waals surface area (Å²) >= 11 is 2.45. The van der Waals surface area contributed by atoms with Crippen LogP contribution in [0, 0.1) is 0 Å². The van der Waals surface area contributed by atoms with Gasteiger partial charge >= 0.3 is 0 Å². The minimum Gasteiger partial charge on any atom is -0.498 e. The fourth-order valence-electron chi connectivity index (χ4n) is 4.26. The first-order chi connectivity index (χ1) is 13.3. The predicted octanol–water partition coefficient (Wildman–Crippen LogP) is 5.83. The van der Waals surface area contributed by atoms with Gasteiger partial charge in [0, 0.05) is 46.3 Å². The van der Waals surface area contributed by atoms with Gasteiger partial charge in [0.25, 0.3) is 0 Å². The molecule has 3 atom stereocenters. The summed E-state index contributed by atoms with van der Waals surface area (Å²) in [4.78, 5) is 0. The number of ether oxygens (including phenoxy) is 1. The van der Waals surface area contributed by atoms with Gasteiger partial charge in [-0.15, -0.1) is 0 Å². The molecule has 27 heavy (non-hydrogen) atoms. The quantitative estimate of drug-likeness (QED) is 0.420. The Hall–Kier alpha value is -1.02. The van der Waals surface area contributed by atoms with Crippen molar-refractivity contribution < 1.29 is 4.74 Å². The molecule has 0 aliphatic carbocycles. The molecule has 4 rings (SSSR count). The predicted molar refractivity (Wildman–Crippen MR) is 121 cm³/mol. The summed E-state index contributed by atoms with van der Waals surface area (Å²) in [5.74, 6) is 1.19. The largest absolute Gasteiger partial charge is 0.498 e. The van der Waals surface area contributed by atoms with E-state index in [1.54, 1.807) is 0 Å². The molecule has 142 valence electrons. The normalized spacial score (nSPS) is 25.9. The van der Waals surface area contributed by atoms with Crippen molar-refractivity contribution >= 4 is 30.3 Å². The molecular formula is C22H25IN2OS. The SMILES string of the molecule is CCOC1=C2CN[C@H](c3ccccc3)C[C@@H]2N(SI)[C@H](c2ccccc2)C1. The zero-order valence-corrected chi connectivity index (χ0v) is 18.4. The highest BCUT2D eigenvalue weighted by Gasteiger charge is 2.41. The first-order valence-electron chi connectivity index (χ1n) is 9.56. The molecule has 0 saturated carbocycles. The number of nitrogens with one attached hydrogen (secondary N) is 1. The van der Waals surface area contributed by atoms with Crippen LogP contribution in [0.1, 0.15) is 43.0 Å². The van der Waals surface area contributed by atoms with Gasteiger partial charge in [-0.25, -0.2) is 4.31 Å². The summed E-state index contributed by atoms with van der Waals surface area (Å²) in [6, 6.07) is 22.8. The lowest BCUT2D eigenvalue weighted by Crippen LogP contribution is -2.48. The number of hydrogen-bond acceptors (Lipinski definition) is 4. The maximum absolute atomic E-state index is 6.14. The van der Waals surface area contributed by atoms with Gasteiger partial charge in [-0.3, -0.25) is 0 Å². The zero-order chi connectivity index (χ0) is 18.6. The summed E-state index contributed by atoms with van der Waals surface area (Å²) < 4.78 is 8.73. The highest BCUT2D eigenvalue weighted by atomic mass is 127. The summed E-state index contributed by atoms with van der Waals surface area (Å²) in [5, 5.41) is 3.75. The molecule has 1 N–H and O–H groups in total. The number of benzene rings is 2. The average molecular weight is 492 g/mol. The summed E-state index contributed by atoms with van der Waals surface area (Å²) in [7, 11) is 1.84. The first-order valence-corrected chi connectivity index (χ1v) is 12.9. The Morgan fingerprint density at radius 2 is 1.70 bits per heavy atom. The molecule has 1 saturated heterocycles. The summed E-state index contributed by atoms with van der Waals surface area (Å²) in [5.41, 5.74) is 4.17. The van der Waals surface area contributed by atoms with Gasteiger partial charge in [0.1, 0.15) is 0 Å². The lowest BCUT2D eigenvalue weighted by Gasteiger charge is -2.46. The van der Waals surface area contributed by atoms with Crippen LogP contribution in [0.15, 0.2) is 72.0 Å². The van der Waals surface area contributed by atoms with E-state index in [0.29, 0.717) is 18.1 Å². The van der Waals surface area contributed by atoms with Crippen LogP contribution in [-0.4, -0.2) is 23.5 Å². The Balaban J connectivity index is 1.68. The van der Waals surface area contributed by atoms with Gasteiger partial charge in [-0.05, 0) is 39.2 Å². The monoisotopic (exact) mass is 492 g/mol. The molecule has 2 aromatic carbocycles. The molecule has 0 unspecified atom stereocenters. The van der Waals surface area contributed by atoms with Crippen LogP contribution in [0.2, 0.25) is 0 Å². The zero-order valence-electron chi connectivity index (χ0n) is 15.5. The average Bonchev–Trinajstić information content (AvgIpc) is 2.74. The number of halogens is 1. The molecule has 2 aliphatic heterocycles. The lowest BCUT2D eigenvalue weighted by molar-refractivity contribution is 0.144. The highest BCUT2D eigenvalue weighted by molar-refractivity contribution is 14.2. The topological polar surface area (TPSA) is 24.5 Å². The number of hydrogen-bond donors (Lipinski definition) is 1. The van der Waals surface area contributed by atoms with E-state index in [2.05, 4.69) is 98.4 Å². The maximum atomic E-state index is 6.14. The van der Waals surface area contributed by atoms with Crippen molar-refractivity contribution in [2.45, 2.75) is 37.9 Å². The molecule has 0 radical (unpaired) electrons. The fourth-order valence-corrected chi connectivity index (χ4v) is 6.51. The van der Waals surface area contributed by atoms with Crippen LogP contribution in [-0.2, 0) is 4.74 Å². The molecule has 2 aromatic rings. The molecule has 0 spiro atoms. The third-order valence-electron chi connectivity index (χ3n) is 5.54. The van der Waals surface area contributed by atoms with E-state index in [1.165, 1.54) is 22.5 Å². The molecule has 1 fully saturated rings. The van der Waals surface area contributed by atoms with Crippen LogP contribution < -0.4 is 5.32 Å². The molecule has 3 nitrogen and oxygen atoms in total. The van der Waals surface area contributed by atoms with Crippen molar-refractivity contribution in [2.24, 2.45) is 0 Å². The fraction of sp³-hybridized carbons (Fsp3) is 0.364. The standard InChI is InChI=1S/C22H25IN2OS/c1-2-26-22-14-20(17-11-7-4-8-12-17)25(27-23)21-13-19(24-15-18(21)22)16-9-5-3-6-10-16/h3-12,19-21,24H,2,13-15H2,1H3/t19-,20-,21-/m0/s1. The van der Waals surface area contributed by atoms with Crippen molar-refractivity contribution in [3.8, 4) is 0 Å². The summed E-state index contributed by atoms with van der Waals surface area (Å²) in [6.45, 7) is 3.71. The second-order valence-electron chi connectivity index (χ2n) is 7.04. The smallest absolute Gasteiger partial charge is 0.0999 e. The van der Waals surface area contributed by atoms with E-state index in [0.717, 1.165) is 26.0 Å². The lowest BCUT2D eigenvalue weighted by atomic mass is 9.84. The van der Waals surface area contributed by atoms with E-state index in [1.807, 2.05) is 9.12 Å². The van der Waals surface area contributed by atoms with Gasteiger partial charge < -0.3 is 10.1 Å². The Kier molecular flexibility index (Phi) is 6.42. The number of rotatable bonds is 5. The van der Waals surface area contributed by atoms with E-state index in [4.69, 9.17) is 4.74 Å². The number of nitrogens with zero attached hydrogens (tertiary/aromatic N) is 1. The molecular weight excluding hydrogens is 467 g/mol. The van der Waals surface area contributed by atoms with Crippen LogP contribution in [0.3, 0.4) is 0 Å². The Morgan fingerprint density at radius 3 is 2.33 bits per heavy atom. The third kappa shape index (κ3) is 4.06. The van der Waals surface area contributed by atoms with Gasteiger partial charge in [0.05, 0.1) is 18.4 Å². The summed E-state index contributed by atoms with van der Waals surface area (Å²) in [6.07, 6.45) is 2.01. The Morgan fingerprint density at radius 1 is 1.04 bits per heavy atom. The van der Waals surface area contributed by atoms with Gasteiger partial charge in [0.15, 0.2) is 0 Å². The minimum absolute atomic E-state index is 0.345. The van der Waals surface area contributed by atoms with Crippen molar-refractivity contribution in [3.05, 3.63) is 83.1 Å². The van der Waals surface area contributed by atoms with Crippen molar-refractivity contribution in [1.82, 2.24) is 9.62 Å². The van der Waals surface area contributed by atoms with Gasteiger partial charge in [-0.2, -0.15) is 0 Å². The Bertz CT molecular complexity index is 783. The minimum atomic E-state index is 0.345. The van der Waals surface area contributed by atoms with Gasteiger partial charge in [0.2, 0.25) is 0 Å². The van der Waals surface area contributed by atoms with Crippen LogP contribution in [0.4, 0.5) is 0 Å². The van der Waals surface area contributed by atoms with Crippen molar-refractivity contribution in [2.75, 3.05) is 13.2 Å². The Labute approximate surface area is 178 Å². The van der Waals surface area contributed by atoms with Crippen molar-refractivity contribution in [3.63, 3.8) is 0 Å². The molecule has 2 heterocycles. The second kappa shape index (κ2) is 8.99. The first kappa shape index (κ1) is 19.3.